The molecule has 4 rings (SSSR count). The highest BCUT2D eigenvalue weighted by Crippen LogP contribution is 2.44. The molecule has 8 nitrogen and oxygen atoms in total. The first-order chi connectivity index (χ1) is 17.0. The van der Waals surface area contributed by atoms with E-state index < -0.39 is 18.2 Å². The molecule has 8 heteroatoms. The van der Waals surface area contributed by atoms with Crippen molar-refractivity contribution in [2.45, 2.75) is 50.2 Å². The monoisotopic (exact) mass is 480 g/mol. The molecule has 186 valence electrons. The summed E-state index contributed by atoms with van der Waals surface area (Å²) in [5.74, 6) is -1.40. The number of nitrogens with one attached hydrogen (secondary N) is 2. The quantitative estimate of drug-likeness (QED) is 0.504. The molecule has 0 saturated heterocycles. The van der Waals surface area contributed by atoms with Gasteiger partial charge < -0.3 is 25.2 Å². The lowest BCUT2D eigenvalue weighted by molar-refractivity contribution is -0.149. The average Bonchev–Trinajstić information content (AvgIpc) is 3.19. The second-order valence-corrected chi connectivity index (χ2v) is 9.17. The first-order valence-corrected chi connectivity index (χ1v) is 12.1. The van der Waals surface area contributed by atoms with E-state index in [0.717, 1.165) is 30.4 Å². The molecule has 3 N–H and O–H groups in total. The number of methoxy groups -OCH3 is 1. The maximum atomic E-state index is 12.6. The van der Waals surface area contributed by atoms with Gasteiger partial charge in [0.05, 0.1) is 0 Å². The van der Waals surface area contributed by atoms with Crippen molar-refractivity contribution in [3.63, 3.8) is 0 Å². The maximum Gasteiger partial charge on any atom is 0.407 e. The predicted octanol–water partition coefficient (Wildman–Crippen LogP) is 3.69. The van der Waals surface area contributed by atoms with Crippen molar-refractivity contribution in [2.75, 3.05) is 20.3 Å². The van der Waals surface area contributed by atoms with Crippen molar-refractivity contribution in [3.05, 3.63) is 59.7 Å². The third-order valence-corrected chi connectivity index (χ3v) is 6.98. The zero-order chi connectivity index (χ0) is 24.8. The van der Waals surface area contributed by atoms with E-state index in [4.69, 9.17) is 14.6 Å². The summed E-state index contributed by atoms with van der Waals surface area (Å²) in [6.07, 6.45) is 1.67. The van der Waals surface area contributed by atoms with Crippen LogP contribution in [0.5, 0.6) is 0 Å². The van der Waals surface area contributed by atoms with Crippen LogP contribution in [0.4, 0.5) is 4.79 Å². The minimum atomic E-state index is -1.05. The number of carbonyl (C=O) groups excluding carboxylic acids is 2. The molecule has 2 aromatic carbocycles. The van der Waals surface area contributed by atoms with Crippen LogP contribution in [-0.2, 0) is 19.1 Å². The molecule has 2 aliphatic carbocycles. The molecule has 1 unspecified atom stereocenters. The fourth-order valence-corrected chi connectivity index (χ4v) is 5.18. The number of hydrogen-bond donors (Lipinski definition) is 3. The van der Waals surface area contributed by atoms with E-state index in [0.29, 0.717) is 6.42 Å². The number of amides is 2. The number of carboxylic acids is 1. The van der Waals surface area contributed by atoms with E-state index >= 15 is 0 Å². The summed E-state index contributed by atoms with van der Waals surface area (Å²) in [7, 11) is 1.33. The van der Waals surface area contributed by atoms with E-state index in [2.05, 4.69) is 34.9 Å². The molecule has 2 amide bonds. The molecule has 1 fully saturated rings. The summed E-state index contributed by atoms with van der Waals surface area (Å²) in [4.78, 5) is 36.2. The highest BCUT2D eigenvalue weighted by Gasteiger charge is 2.31. The van der Waals surface area contributed by atoms with Crippen LogP contribution in [0.1, 0.15) is 49.1 Å². The van der Waals surface area contributed by atoms with Crippen LogP contribution in [0, 0.1) is 5.92 Å². The van der Waals surface area contributed by atoms with Crippen LogP contribution < -0.4 is 10.6 Å². The molecule has 0 radical (unpaired) electrons. The smallest absolute Gasteiger partial charge is 0.407 e. The molecule has 2 aliphatic rings. The van der Waals surface area contributed by atoms with Crippen LogP contribution in [0.25, 0.3) is 11.1 Å². The summed E-state index contributed by atoms with van der Waals surface area (Å²) in [6, 6.07) is 16.3. The number of aliphatic carboxylic acids is 1. The summed E-state index contributed by atoms with van der Waals surface area (Å²) >= 11 is 0. The molecule has 0 spiro atoms. The van der Waals surface area contributed by atoms with Gasteiger partial charge in [0.15, 0.2) is 6.10 Å². The molecule has 0 heterocycles. The Balaban J connectivity index is 1.26. The summed E-state index contributed by atoms with van der Waals surface area (Å²) in [5.41, 5.74) is 4.68. The Morgan fingerprint density at radius 1 is 1.03 bits per heavy atom. The SMILES string of the molecule is COC(CCNC(=O)[C@H]1CCC[C@@H](NC(=O)OCC2c3ccccc3-c3ccccc32)C1)C(=O)O. The van der Waals surface area contributed by atoms with Crippen molar-refractivity contribution >= 4 is 18.0 Å². The van der Waals surface area contributed by atoms with Gasteiger partial charge in [-0.2, -0.15) is 0 Å². The highest BCUT2D eigenvalue weighted by molar-refractivity contribution is 5.80. The Morgan fingerprint density at radius 2 is 1.69 bits per heavy atom. The largest absolute Gasteiger partial charge is 0.479 e. The number of hydrogen-bond acceptors (Lipinski definition) is 5. The Bertz CT molecular complexity index is 1030. The van der Waals surface area contributed by atoms with E-state index in [9.17, 15) is 14.4 Å². The summed E-state index contributed by atoms with van der Waals surface area (Å²) < 4.78 is 10.5. The van der Waals surface area contributed by atoms with Gasteiger partial charge >= 0.3 is 12.1 Å². The predicted molar refractivity (Wildman–Crippen MR) is 130 cm³/mol. The van der Waals surface area contributed by atoms with E-state index in [-0.39, 0.29) is 43.4 Å². The van der Waals surface area contributed by atoms with Crippen LogP contribution in [-0.4, -0.2) is 55.5 Å². The molecule has 0 bridgehead atoms. The van der Waals surface area contributed by atoms with Crippen LogP contribution in [0.3, 0.4) is 0 Å². The number of fused-ring (bicyclic) bond motifs is 3. The van der Waals surface area contributed by atoms with Gasteiger partial charge in [-0.15, -0.1) is 0 Å². The van der Waals surface area contributed by atoms with Gasteiger partial charge in [-0.1, -0.05) is 55.0 Å². The third-order valence-electron chi connectivity index (χ3n) is 6.98. The number of ether oxygens (including phenoxy) is 2. The fraction of sp³-hybridized carbons (Fsp3) is 0.444. The van der Waals surface area contributed by atoms with Gasteiger partial charge in [0.25, 0.3) is 0 Å². The van der Waals surface area contributed by atoms with Crippen molar-refractivity contribution in [1.29, 1.82) is 0 Å². The van der Waals surface area contributed by atoms with Gasteiger partial charge in [0.2, 0.25) is 5.91 Å². The van der Waals surface area contributed by atoms with E-state index in [1.165, 1.54) is 18.2 Å². The lowest BCUT2D eigenvalue weighted by Crippen LogP contribution is -2.43. The maximum absolute atomic E-state index is 12.6. The van der Waals surface area contributed by atoms with Crippen molar-refractivity contribution in [3.8, 4) is 11.1 Å². The Kier molecular flexibility index (Phi) is 8.02. The standard InChI is InChI=1S/C27H32N2O6/c1-34-24(26(31)32)13-14-28-25(30)17-7-6-8-18(15-17)29-27(33)35-16-23-21-11-4-2-9-19(21)20-10-3-5-12-22(20)23/h2-5,9-12,17-18,23-24H,6-8,13-16H2,1H3,(H,28,30)(H,29,33)(H,31,32)/t17-,18+,24?/m0/s1. The van der Waals surface area contributed by atoms with Crippen molar-refractivity contribution < 1.29 is 29.0 Å². The van der Waals surface area contributed by atoms with Gasteiger partial charge in [-0.25, -0.2) is 9.59 Å². The zero-order valence-corrected chi connectivity index (χ0v) is 19.9. The minimum absolute atomic E-state index is 0.000221. The molecule has 35 heavy (non-hydrogen) atoms. The minimum Gasteiger partial charge on any atom is -0.479 e. The van der Waals surface area contributed by atoms with Crippen LogP contribution >= 0.6 is 0 Å². The molecule has 0 aliphatic heterocycles. The lowest BCUT2D eigenvalue weighted by atomic mass is 9.85. The number of benzene rings is 2. The van der Waals surface area contributed by atoms with Gasteiger partial charge in [0, 0.05) is 38.0 Å². The van der Waals surface area contributed by atoms with Gasteiger partial charge in [-0.3, -0.25) is 4.79 Å². The Labute approximate surface area is 205 Å². The fourth-order valence-electron chi connectivity index (χ4n) is 5.18. The Hall–Kier alpha value is -3.39. The summed E-state index contributed by atoms with van der Waals surface area (Å²) in [5, 5.41) is 14.8. The Morgan fingerprint density at radius 3 is 2.31 bits per heavy atom. The van der Waals surface area contributed by atoms with Crippen molar-refractivity contribution in [1.82, 2.24) is 10.6 Å². The van der Waals surface area contributed by atoms with Crippen LogP contribution in [0.15, 0.2) is 48.5 Å². The molecule has 2 aromatic rings. The second kappa shape index (κ2) is 11.4. The zero-order valence-electron chi connectivity index (χ0n) is 19.9. The van der Waals surface area contributed by atoms with Crippen molar-refractivity contribution in [2.24, 2.45) is 5.92 Å². The molecular formula is C27H32N2O6. The van der Waals surface area contributed by atoms with Gasteiger partial charge in [0.1, 0.15) is 6.61 Å². The molecule has 1 saturated carbocycles. The highest BCUT2D eigenvalue weighted by atomic mass is 16.5. The van der Waals surface area contributed by atoms with E-state index in [1.54, 1.807) is 0 Å². The molecule has 0 aromatic heterocycles. The topological polar surface area (TPSA) is 114 Å². The number of rotatable bonds is 9. The van der Waals surface area contributed by atoms with E-state index in [1.807, 2.05) is 24.3 Å². The number of alkyl carbamates (subject to hydrolysis) is 1. The lowest BCUT2D eigenvalue weighted by Gasteiger charge is -2.29. The number of carbonyl (C=O) groups is 3. The normalized spacial score (nSPS) is 19.8. The van der Waals surface area contributed by atoms with Gasteiger partial charge in [-0.05, 0) is 41.5 Å². The molecular weight excluding hydrogens is 448 g/mol. The molecule has 3 atom stereocenters. The average molecular weight is 481 g/mol. The first-order valence-electron chi connectivity index (χ1n) is 12.1. The summed E-state index contributed by atoms with van der Waals surface area (Å²) in [6.45, 7) is 0.478. The first kappa shape index (κ1) is 24.7. The third kappa shape index (κ3) is 5.82. The number of carboxylic acid groups (broad SMARTS) is 1. The van der Waals surface area contributed by atoms with Crippen LogP contribution in [0.2, 0.25) is 0 Å². The second-order valence-electron chi connectivity index (χ2n) is 9.17.